The third-order valence-electron chi connectivity index (χ3n) is 7.81. The summed E-state index contributed by atoms with van der Waals surface area (Å²) < 4.78 is 29.0. The van der Waals surface area contributed by atoms with E-state index in [1.807, 2.05) is 25.1 Å². The molecule has 0 aliphatic carbocycles. The maximum Gasteiger partial charge on any atom is 0.636 e. The fraction of sp³-hybridized carbons (Fsp3) is 0.441. The van der Waals surface area contributed by atoms with Crippen LogP contribution >= 0.6 is 10.3 Å². The molecule has 2 heterocycles. The highest BCUT2D eigenvalue weighted by atomic mass is 32.3. The molecule has 1 aliphatic heterocycles. The van der Waals surface area contributed by atoms with Gasteiger partial charge >= 0.3 is 19.1 Å². The van der Waals surface area contributed by atoms with E-state index in [-0.39, 0.29) is 17.8 Å². The smallest absolute Gasteiger partial charge is 0.494 e. The highest BCUT2D eigenvalue weighted by molar-refractivity contribution is 8.29. The zero-order valence-corrected chi connectivity index (χ0v) is 28.5. The molecule has 1 fully saturated rings. The molecule has 45 heavy (non-hydrogen) atoms. The second-order valence-corrected chi connectivity index (χ2v) is 16.6. The van der Waals surface area contributed by atoms with Crippen molar-refractivity contribution < 1.29 is 32.6 Å². The van der Waals surface area contributed by atoms with Gasteiger partial charge in [-0.1, -0.05) is 51.1 Å². The van der Waals surface area contributed by atoms with Gasteiger partial charge < -0.3 is 23.0 Å². The SMILES string of the molecule is Cc1cc(OCCCOS(C)(C)C(C)(C)C)nc(C)c1-c1cccc(COc2ccc(B3OC(=O)CN(C)CC(=O)O3)cc2)c1. The first-order chi connectivity index (χ1) is 21.2. The second-order valence-electron chi connectivity index (χ2n) is 12.6. The molecule has 0 unspecified atom stereocenters. The number of benzene rings is 2. The predicted molar refractivity (Wildman–Crippen MR) is 180 cm³/mol. The first-order valence-corrected chi connectivity index (χ1v) is 17.5. The number of likely N-dealkylation sites (N-methyl/N-ethyl adjacent to an activating group) is 1. The summed E-state index contributed by atoms with van der Waals surface area (Å²) >= 11 is 0. The van der Waals surface area contributed by atoms with Crippen molar-refractivity contribution in [3.63, 3.8) is 0 Å². The maximum atomic E-state index is 12.1. The van der Waals surface area contributed by atoms with Crippen LogP contribution in [0.15, 0.2) is 54.6 Å². The molecule has 0 bridgehead atoms. The first-order valence-electron chi connectivity index (χ1n) is 15.1. The number of ether oxygens (including phenoxy) is 2. The fourth-order valence-electron chi connectivity index (χ4n) is 4.66. The molecule has 9 nitrogen and oxygen atoms in total. The molecule has 0 atom stereocenters. The minimum absolute atomic E-state index is 0.0199. The van der Waals surface area contributed by atoms with E-state index in [0.29, 0.717) is 36.9 Å². The summed E-state index contributed by atoms with van der Waals surface area (Å²) in [5.41, 5.74) is 5.67. The molecule has 0 spiro atoms. The summed E-state index contributed by atoms with van der Waals surface area (Å²) in [6, 6.07) is 17.2. The zero-order chi connectivity index (χ0) is 32.8. The van der Waals surface area contributed by atoms with Crippen molar-refractivity contribution in [2.45, 2.75) is 52.4 Å². The van der Waals surface area contributed by atoms with Gasteiger partial charge in [-0.2, -0.15) is 0 Å². The number of hydrogen-bond donors (Lipinski definition) is 0. The zero-order valence-electron chi connectivity index (χ0n) is 27.7. The molecular weight excluding hydrogens is 591 g/mol. The van der Waals surface area contributed by atoms with Crippen LogP contribution in [0.5, 0.6) is 11.6 Å². The highest BCUT2D eigenvalue weighted by Gasteiger charge is 2.33. The van der Waals surface area contributed by atoms with Crippen LogP contribution in [0.25, 0.3) is 11.1 Å². The number of nitrogens with zero attached hydrogens (tertiary/aromatic N) is 2. The van der Waals surface area contributed by atoms with E-state index in [2.05, 4.69) is 52.3 Å². The van der Waals surface area contributed by atoms with E-state index < -0.39 is 29.4 Å². The predicted octanol–water partition coefficient (Wildman–Crippen LogP) is 5.23. The Morgan fingerprint density at radius 3 is 2.22 bits per heavy atom. The van der Waals surface area contributed by atoms with Crippen LogP contribution < -0.4 is 14.9 Å². The molecule has 0 saturated carbocycles. The number of pyridine rings is 1. The molecule has 2 aromatic carbocycles. The Balaban J connectivity index is 1.33. The lowest BCUT2D eigenvalue weighted by atomic mass is 9.78. The van der Waals surface area contributed by atoms with Gasteiger partial charge in [0, 0.05) is 34.0 Å². The van der Waals surface area contributed by atoms with Gasteiger partial charge in [0.1, 0.15) is 12.4 Å². The van der Waals surface area contributed by atoms with E-state index in [9.17, 15) is 9.59 Å². The standard InChI is InChI=1S/C34H45BN2O7S/c1-24-19-30(40-17-10-18-42-45(7,8)34(3,4)5)36-25(2)33(24)27-12-9-11-26(20-27)23-41-29-15-13-28(14-16-29)35-43-31(38)21-37(6)22-32(39)44-35/h9,11-16,19-20H,10,17-18,21-23H2,1-8H3. The normalized spacial score (nSPS) is 15.2. The Morgan fingerprint density at radius 2 is 1.60 bits per heavy atom. The number of aromatic nitrogens is 1. The van der Waals surface area contributed by atoms with E-state index >= 15 is 0 Å². The molecule has 0 amide bonds. The first kappa shape index (κ1) is 34.3. The van der Waals surface area contributed by atoms with Gasteiger partial charge in [0.15, 0.2) is 0 Å². The summed E-state index contributed by atoms with van der Waals surface area (Å²) in [6.45, 7) is 12.3. The Kier molecular flexibility index (Phi) is 11.2. The van der Waals surface area contributed by atoms with Crippen molar-refractivity contribution >= 4 is 34.8 Å². The Morgan fingerprint density at radius 1 is 0.933 bits per heavy atom. The van der Waals surface area contributed by atoms with Crippen LogP contribution in [0.1, 0.15) is 44.0 Å². The van der Waals surface area contributed by atoms with Crippen LogP contribution in [0.4, 0.5) is 0 Å². The van der Waals surface area contributed by atoms with Gasteiger partial charge in [0.05, 0.1) is 26.3 Å². The Hall–Kier alpha value is -3.54. The highest BCUT2D eigenvalue weighted by Crippen LogP contribution is 2.53. The lowest BCUT2D eigenvalue weighted by molar-refractivity contribution is -0.145. The average Bonchev–Trinajstić information content (AvgIpc) is 2.94. The van der Waals surface area contributed by atoms with Gasteiger partial charge in [-0.25, -0.2) is 4.98 Å². The molecule has 0 radical (unpaired) electrons. The minimum Gasteiger partial charge on any atom is -0.494 e. The molecule has 1 aliphatic rings. The van der Waals surface area contributed by atoms with Crippen molar-refractivity contribution in [3.05, 3.63) is 71.4 Å². The molecule has 1 saturated heterocycles. The minimum atomic E-state index is -1.14. The molecule has 3 aromatic rings. The maximum absolute atomic E-state index is 12.1. The number of carbonyl (C=O) groups excluding carboxylic acids is 2. The largest absolute Gasteiger partial charge is 0.636 e. The van der Waals surface area contributed by atoms with Crippen molar-refractivity contribution in [2.75, 3.05) is 45.9 Å². The van der Waals surface area contributed by atoms with Crippen molar-refractivity contribution in [1.82, 2.24) is 9.88 Å². The molecule has 242 valence electrons. The van der Waals surface area contributed by atoms with E-state index in [1.54, 1.807) is 36.2 Å². The molecule has 1 aromatic heterocycles. The number of carbonyl (C=O) groups is 2. The van der Waals surface area contributed by atoms with Crippen molar-refractivity contribution in [1.29, 1.82) is 0 Å². The number of aryl methyl sites for hydroxylation is 2. The van der Waals surface area contributed by atoms with Crippen LogP contribution in [0, 0.1) is 13.8 Å². The summed E-state index contributed by atoms with van der Waals surface area (Å²) in [4.78, 5) is 30.4. The Labute approximate surface area is 269 Å². The number of hydrogen-bond acceptors (Lipinski definition) is 9. The Bertz CT molecular complexity index is 1450. The topological polar surface area (TPSA) is 96.4 Å². The quantitative estimate of drug-likeness (QED) is 0.207. The van der Waals surface area contributed by atoms with Gasteiger partial charge in [-0.05, 0) is 68.3 Å². The lowest BCUT2D eigenvalue weighted by Crippen LogP contribution is -2.47. The van der Waals surface area contributed by atoms with E-state index in [4.69, 9.17) is 27.9 Å². The fourth-order valence-corrected chi connectivity index (χ4v) is 5.55. The van der Waals surface area contributed by atoms with E-state index in [0.717, 1.165) is 34.4 Å². The molecular formula is C34H45BN2O7S. The van der Waals surface area contributed by atoms with Gasteiger partial charge in [0.25, 0.3) is 0 Å². The van der Waals surface area contributed by atoms with Crippen molar-refractivity contribution in [3.8, 4) is 22.8 Å². The van der Waals surface area contributed by atoms with Crippen molar-refractivity contribution in [2.24, 2.45) is 0 Å². The lowest BCUT2D eigenvalue weighted by Gasteiger charge is -2.43. The van der Waals surface area contributed by atoms with Crippen LogP contribution in [0.2, 0.25) is 0 Å². The van der Waals surface area contributed by atoms with E-state index in [1.165, 1.54) is 0 Å². The van der Waals surface area contributed by atoms with Crippen LogP contribution in [-0.4, -0.2) is 79.6 Å². The number of rotatable bonds is 11. The summed E-state index contributed by atoms with van der Waals surface area (Å²) in [5.74, 6) is 0.340. The monoisotopic (exact) mass is 636 g/mol. The third kappa shape index (κ3) is 9.48. The van der Waals surface area contributed by atoms with Gasteiger partial charge in [-0.15, -0.1) is 10.3 Å². The van der Waals surface area contributed by atoms with Gasteiger partial charge in [-0.3, -0.25) is 14.5 Å². The van der Waals surface area contributed by atoms with Crippen LogP contribution in [-0.2, 0) is 29.7 Å². The molecule has 11 heteroatoms. The second kappa shape index (κ2) is 14.7. The van der Waals surface area contributed by atoms with Crippen LogP contribution in [0.3, 0.4) is 0 Å². The third-order valence-corrected chi connectivity index (χ3v) is 11.5. The molecule has 4 rings (SSSR count). The molecule has 0 N–H and O–H groups in total. The average molecular weight is 637 g/mol. The summed E-state index contributed by atoms with van der Waals surface area (Å²) in [7, 11) is -0.564. The summed E-state index contributed by atoms with van der Waals surface area (Å²) in [6.07, 6.45) is 5.22. The van der Waals surface area contributed by atoms with Gasteiger partial charge in [0.2, 0.25) is 5.88 Å². The summed E-state index contributed by atoms with van der Waals surface area (Å²) in [5, 5.41) is 0.